The molecule has 4 aromatic rings. The third-order valence-electron chi connectivity index (χ3n) is 4.52. The third-order valence-corrected chi connectivity index (χ3v) is 4.52. The molecule has 5 rings (SSSR count). The van der Waals surface area contributed by atoms with Gasteiger partial charge in [-0.15, -0.1) is 0 Å². The Hall–Kier alpha value is -4.01. The Morgan fingerprint density at radius 2 is 1.81 bits per heavy atom. The Kier molecular flexibility index (Phi) is 3.26. The molecule has 3 heterocycles. The summed E-state index contributed by atoms with van der Waals surface area (Å²) >= 11 is 0. The number of rotatable bonds is 2. The van der Waals surface area contributed by atoms with E-state index in [0.717, 1.165) is 11.1 Å². The number of tetrazole rings is 1. The van der Waals surface area contributed by atoms with E-state index in [-0.39, 0.29) is 11.3 Å². The van der Waals surface area contributed by atoms with Crippen LogP contribution in [0.5, 0.6) is 5.75 Å². The Balaban J connectivity index is 1.83. The molecule has 0 fully saturated rings. The fraction of sp³-hybridized carbons (Fsp3) is 0.0556. The van der Waals surface area contributed by atoms with Crippen molar-refractivity contribution in [3.8, 4) is 17.0 Å². The molecule has 0 saturated carbocycles. The summed E-state index contributed by atoms with van der Waals surface area (Å²) in [5, 5.41) is 31.3. The summed E-state index contributed by atoms with van der Waals surface area (Å²) in [5.74, 6) is 0.508. The van der Waals surface area contributed by atoms with E-state index in [2.05, 4.69) is 31.0 Å². The summed E-state index contributed by atoms with van der Waals surface area (Å²) in [6.07, 6.45) is 0. The van der Waals surface area contributed by atoms with Crippen molar-refractivity contribution in [3.63, 3.8) is 0 Å². The molecule has 0 saturated heterocycles. The molecule has 132 valence electrons. The van der Waals surface area contributed by atoms with Crippen molar-refractivity contribution in [2.24, 2.45) is 0 Å². The van der Waals surface area contributed by atoms with E-state index >= 15 is 0 Å². The van der Waals surface area contributed by atoms with Crippen molar-refractivity contribution in [1.29, 1.82) is 0 Å². The van der Waals surface area contributed by atoms with Crippen LogP contribution < -0.4 is 10.9 Å². The van der Waals surface area contributed by atoms with E-state index in [1.807, 2.05) is 30.3 Å². The largest absolute Gasteiger partial charge is 0.508 e. The van der Waals surface area contributed by atoms with Crippen molar-refractivity contribution < 1.29 is 5.11 Å². The van der Waals surface area contributed by atoms with Crippen LogP contribution in [0.1, 0.15) is 17.2 Å². The second-order valence-electron chi connectivity index (χ2n) is 6.12. The topological polar surface area (TPSA) is 122 Å². The zero-order valence-corrected chi connectivity index (χ0v) is 13.9. The minimum atomic E-state index is -0.475. The maximum Gasteiger partial charge on any atom is 0.288 e. The number of H-pyrrole nitrogens is 1. The second-order valence-corrected chi connectivity index (χ2v) is 6.12. The van der Waals surface area contributed by atoms with Crippen LogP contribution in [-0.2, 0) is 0 Å². The number of aromatic nitrogens is 6. The Bertz CT molecular complexity index is 1180. The highest BCUT2D eigenvalue weighted by atomic mass is 16.3. The molecule has 0 radical (unpaired) electrons. The number of hydrogen-bond acceptors (Lipinski definition) is 7. The van der Waals surface area contributed by atoms with Crippen molar-refractivity contribution in [2.45, 2.75) is 6.04 Å². The quantitative estimate of drug-likeness (QED) is 0.439. The number of phenols is 1. The highest BCUT2D eigenvalue weighted by Gasteiger charge is 2.34. The van der Waals surface area contributed by atoms with E-state index in [1.165, 1.54) is 0 Å². The highest BCUT2D eigenvalue weighted by Crippen LogP contribution is 2.41. The van der Waals surface area contributed by atoms with Crippen LogP contribution in [0.2, 0.25) is 0 Å². The molecule has 0 unspecified atom stereocenters. The monoisotopic (exact) mass is 359 g/mol. The lowest BCUT2D eigenvalue weighted by molar-refractivity contribution is 0.474. The average molecular weight is 359 g/mol. The standard InChI is InChI=1S/C18H13N7O2/c26-12-8-6-11(7-9-12)16-13-14(10-4-2-1-3-5-10)20-21-17(27)15(13)19-18-22-23-24-25(16)18/h1-9,16,26H,(H,21,27)(H,19,22,24)/t16-/m0/s1. The molecule has 0 bridgehead atoms. The molecule has 2 aromatic carbocycles. The summed E-state index contributed by atoms with van der Waals surface area (Å²) in [6, 6.07) is 15.8. The molecule has 9 heteroatoms. The lowest BCUT2D eigenvalue weighted by atomic mass is 9.92. The summed E-state index contributed by atoms with van der Waals surface area (Å²) in [7, 11) is 0. The van der Waals surface area contributed by atoms with E-state index in [4.69, 9.17) is 0 Å². The Morgan fingerprint density at radius 3 is 2.59 bits per heavy atom. The molecular formula is C18H13N7O2. The number of benzene rings is 2. The fourth-order valence-electron chi connectivity index (χ4n) is 3.32. The summed E-state index contributed by atoms with van der Waals surface area (Å²) in [4.78, 5) is 12.5. The van der Waals surface area contributed by atoms with Gasteiger partial charge in [0.2, 0.25) is 5.95 Å². The number of anilines is 2. The lowest BCUT2D eigenvalue weighted by Crippen LogP contribution is -2.29. The van der Waals surface area contributed by atoms with Crippen LogP contribution in [0.4, 0.5) is 11.6 Å². The van der Waals surface area contributed by atoms with Crippen LogP contribution in [0.15, 0.2) is 59.4 Å². The number of hydrogen-bond donors (Lipinski definition) is 3. The first-order valence-electron chi connectivity index (χ1n) is 8.24. The molecule has 2 aromatic heterocycles. The van der Waals surface area contributed by atoms with Crippen LogP contribution in [0.25, 0.3) is 11.3 Å². The zero-order chi connectivity index (χ0) is 18.4. The van der Waals surface area contributed by atoms with Gasteiger partial charge in [0.25, 0.3) is 5.56 Å². The van der Waals surface area contributed by atoms with E-state index in [1.54, 1.807) is 28.9 Å². The Morgan fingerprint density at radius 1 is 1.04 bits per heavy atom. The number of fused-ring (bicyclic) bond motifs is 2. The first kappa shape index (κ1) is 15.3. The van der Waals surface area contributed by atoms with Crippen molar-refractivity contribution in [1.82, 2.24) is 30.4 Å². The van der Waals surface area contributed by atoms with Gasteiger partial charge in [0.15, 0.2) is 0 Å². The minimum absolute atomic E-state index is 0.150. The van der Waals surface area contributed by atoms with Crippen LogP contribution in [-0.4, -0.2) is 35.5 Å². The van der Waals surface area contributed by atoms with Crippen molar-refractivity contribution in [2.75, 3.05) is 5.32 Å². The molecule has 0 spiro atoms. The second kappa shape index (κ2) is 5.77. The Labute approximate surface area is 152 Å². The predicted octanol–water partition coefficient (Wildman–Crippen LogP) is 1.82. The first-order valence-corrected chi connectivity index (χ1v) is 8.24. The van der Waals surface area contributed by atoms with Gasteiger partial charge in [-0.2, -0.15) is 9.78 Å². The van der Waals surface area contributed by atoms with Gasteiger partial charge in [-0.3, -0.25) is 4.79 Å². The summed E-state index contributed by atoms with van der Waals surface area (Å²) < 4.78 is 1.60. The molecule has 0 amide bonds. The van der Waals surface area contributed by atoms with Crippen LogP contribution in [0.3, 0.4) is 0 Å². The molecule has 1 aliphatic heterocycles. The molecular weight excluding hydrogens is 346 g/mol. The van der Waals surface area contributed by atoms with Gasteiger partial charge in [0.1, 0.15) is 17.5 Å². The van der Waals surface area contributed by atoms with Crippen molar-refractivity contribution in [3.05, 3.63) is 76.1 Å². The summed E-state index contributed by atoms with van der Waals surface area (Å²) in [6.45, 7) is 0. The molecule has 1 aliphatic rings. The van der Waals surface area contributed by atoms with Gasteiger partial charge in [0, 0.05) is 11.1 Å². The summed E-state index contributed by atoms with van der Waals surface area (Å²) in [5.41, 5.74) is 2.94. The van der Waals surface area contributed by atoms with E-state index < -0.39 is 6.04 Å². The third kappa shape index (κ3) is 2.36. The average Bonchev–Trinajstić information content (AvgIpc) is 3.17. The number of phenolic OH excluding ortho intramolecular Hbond substituents is 1. The van der Waals surface area contributed by atoms with Gasteiger partial charge in [0.05, 0.1) is 5.69 Å². The maximum atomic E-state index is 12.5. The lowest BCUT2D eigenvalue weighted by Gasteiger charge is -2.27. The van der Waals surface area contributed by atoms with Gasteiger partial charge < -0.3 is 10.4 Å². The number of aromatic hydroxyl groups is 1. The van der Waals surface area contributed by atoms with Gasteiger partial charge in [-0.25, -0.2) is 5.10 Å². The zero-order valence-electron chi connectivity index (χ0n) is 13.9. The van der Waals surface area contributed by atoms with Crippen LogP contribution >= 0.6 is 0 Å². The predicted molar refractivity (Wildman–Crippen MR) is 96.7 cm³/mol. The maximum absolute atomic E-state index is 12.5. The smallest absolute Gasteiger partial charge is 0.288 e. The number of nitrogens with zero attached hydrogens (tertiary/aromatic N) is 5. The first-order chi connectivity index (χ1) is 13.2. The van der Waals surface area contributed by atoms with E-state index in [9.17, 15) is 9.90 Å². The molecule has 27 heavy (non-hydrogen) atoms. The number of nitrogens with one attached hydrogen (secondary N) is 2. The van der Waals surface area contributed by atoms with Gasteiger partial charge in [-0.05, 0) is 28.1 Å². The van der Waals surface area contributed by atoms with E-state index in [0.29, 0.717) is 22.9 Å². The molecule has 1 atom stereocenters. The SMILES string of the molecule is O=c1[nH]nc(-c2ccccc2)c2c1Nc1nnnn1[C@H]2c1ccc(O)cc1. The van der Waals surface area contributed by atoms with Gasteiger partial charge >= 0.3 is 0 Å². The normalized spacial score (nSPS) is 14.9. The molecule has 3 N–H and O–H groups in total. The molecule has 9 nitrogen and oxygen atoms in total. The fourth-order valence-corrected chi connectivity index (χ4v) is 3.32. The number of aromatic amines is 1. The van der Waals surface area contributed by atoms with Crippen LogP contribution in [0, 0.1) is 0 Å². The van der Waals surface area contributed by atoms with Gasteiger partial charge in [-0.1, -0.05) is 47.6 Å². The van der Waals surface area contributed by atoms with Crippen molar-refractivity contribution >= 4 is 11.6 Å². The molecule has 0 aliphatic carbocycles. The minimum Gasteiger partial charge on any atom is -0.508 e. The highest BCUT2D eigenvalue weighted by molar-refractivity contribution is 5.75.